The highest BCUT2D eigenvalue weighted by Gasteiger charge is 2.29. The summed E-state index contributed by atoms with van der Waals surface area (Å²) in [4.78, 5) is 11.6. The van der Waals surface area contributed by atoms with Crippen LogP contribution in [0.4, 0.5) is 0 Å². The van der Waals surface area contributed by atoms with Gasteiger partial charge < -0.3 is 14.8 Å². The molecule has 2 N–H and O–H groups in total. The van der Waals surface area contributed by atoms with Crippen LogP contribution in [0.2, 0.25) is 0 Å². The monoisotopic (exact) mass is 234 g/mol. The number of esters is 1. The van der Waals surface area contributed by atoms with Crippen molar-refractivity contribution in [3.63, 3.8) is 0 Å². The van der Waals surface area contributed by atoms with E-state index in [0.717, 1.165) is 11.1 Å². The molecular formula is C12H15BO4. The van der Waals surface area contributed by atoms with Crippen LogP contribution in [0, 0.1) is 5.92 Å². The smallest absolute Gasteiger partial charge is 0.466 e. The van der Waals surface area contributed by atoms with E-state index in [0.29, 0.717) is 24.9 Å². The van der Waals surface area contributed by atoms with Gasteiger partial charge in [-0.25, -0.2) is 0 Å². The fourth-order valence-corrected chi connectivity index (χ4v) is 2.23. The second-order valence-corrected chi connectivity index (χ2v) is 4.26. The standard InChI is InChI=1S/C12H15BO4/c1-2-17-12(14)10-5-8-3-4-11(13(15)16)7-9(8)6-10/h3-4,7,10,15-16H,2,5-6H2,1H3. The normalized spacial score (nSPS) is 17.7. The average Bonchev–Trinajstić information content (AvgIpc) is 2.71. The van der Waals surface area contributed by atoms with Crippen molar-refractivity contribution in [3.05, 3.63) is 29.3 Å². The molecule has 17 heavy (non-hydrogen) atoms. The van der Waals surface area contributed by atoms with Gasteiger partial charge >= 0.3 is 13.1 Å². The number of rotatable bonds is 3. The van der Waals surface area contributed by atoms with Crippen LogP contribution in [-0.2, 0) is 22.4 Å². The molecule has 1 unspecified atom stereocenters. The highest BCUT2D eigenvalue weighted by atomic mass is 16.5. The quantitative estimate of drug-likeness (QED) is 0.553. The van der Waals surface area contributed by atoms with Crippen molar-refractivity contribution >= 4 is 18.6 Å². The topological polar surface area (TPSA) is 66.8 Å². The summed E-state index contributed by atoms with van der Waals surface area (Å²) in [5.74, 6) is -0.300. The van der Waals surface area contributed by atoms with E-state index in [9.17, 15) is 4.79 Å². The van der Waals surface area contributed by atoms with E-state index in [1.807, 2.05) is 6.07 Å². The van der Waals surface area contributed by atoms with Gasteiger partial charge in [-0.15, -0.1) is 0 Å². The number of hydrogen-bond donors (Lipinski definition) is 2. The Bertz CT molecular complexity index is 431. The van der Waals surface area contributed by atoms with Crippen LogP contribution in [0.1, 0.15) is 18.1 Å². The zero-order valence-corrected chi connectivity index (χ0v) is 9.72. The van der Waals surface area contributed by atoms with E-state index in [1.165, 1.54) is 0 Å². The molecule has 4 nitrogen and oxygen atoms in total. The second-order valence-electron chi connectivity index (χ2n) is 4.26. The third-order valence-electron chi connectivity index (χ3n) is 3.08. The Morgan fingerprint density at radius 1 is 1.41 bits per heavy atom. The van der Waals surface area contributed by atoms with Gasteiger partial charge in [0.05, 0.1) is 12.5 Å². The average molecular weight is 234 g/mol. The van der Waals surface area contributed by atoms with E-state index in [4.69, 9.17) is 14.8 Å². The molecule has 0 saturated carbocycles. The van der Waals surface area contributed by atoms with Crippen molar-refractivity contribution in [2.24, 2.45) is 5.92 Å². The molecule has 1 atom stereocenters. The number of fused-ring (bicyclic) bond motifs is 1. The molecule has 1 aliphatic rings. The highest BCUT2D eigenvalue weighted by molar-refractivity contribution is 6.58. The molecule has 1 aliphatic carbocycles. The molecule has 0 aromatic heterocycles. The molecule has 2 rings (SSSR count). The van der Waals surface area contributed by atoms with E-state index in [1.54, 1.807) is 19.1 Å². The van der Waals surface area contributed by atoms with Crippen LogP contribution in [-0.4, -0.2) is 29.7 Å². The van der Waals surface area contributed by atoms with E-state index >= 15 is 0 Å². The Hall–Kier alpha value is -1.33. The van der Waals surface area contributed by atoms with Gasteiger partial charge in [-0.2, -0.15) is 0 Å². The van der Waals surface area contributed by atoms with Crippen molar-refractivity contribution in [2.45, 2.75) is 19.8 Å². The van der Waals surface area contributed by atoms with Gasteiger partial charge in [-0.3, -0.25) is 4.79 Å². The van der Waals surface area contributed by atoms with Crippen molar-refractivity contribution in [1.82, 2.24) is 0 Å². The third-order valence-corrected chi connectivity index (χ3v) is 3.08. The van der Waals surface area contributed by atoms with Crippen LogP contribution in [0.5, 0.6) is 0 Å². The molecule has 0 spiro atoms. The summed E-state index contributed by atoms with van der Waals surface area (Å²) >= 11 is 0. The number of ether oxygens (including phenoxy) is 1. The molecule has 0 fully saturated rings. The molecule has 90 valence electrons. The maximum absolute atomic E-state index is 11.6. The molecule has 0 bridgehead atoms. The Balaban J connectivity index is 2.14. The highest BCUT2D eigenvalue weighted by Crippen LogP contribution is 2.26. The number of benzene rings is 1. The van der Waals surface area contributed by atoms with Crippen molar-refractivity contribution in [2.75, 3.05) is 6.61 Å². The van der Waals surface area contributed by atoms with Crippen molar-refractivity contribution < 1.29 is 19.6 Å². The molecular weight excluding hydrogens is 219 g/mol. The lowest BCUT2D eigenvalue weighted by atomic mass is 9.79. The molecule has 0 aliphatic heterocycles. The SMILES string of the molecule is CCOC(=O)C1Cc2ccc(B(O)O)cc2C1. The third kappa shape index (κ3) is 2.51. The largest absolute Gasteiger partial charge is 0.488 e. The minimum absolute atomic E-state index is 0.129. The summed E-state index contributed by atoms with van der Waals surface area (Å²) in [6, 6.07) is 5.28. The summed E-state index contributed by atoms with van der Waals surface area (Å²) in [6.45, 7) is 2.19. The first-order valence-electron chi connectivity index (χ1n) is 5.76. The first-order valence-corrected chi connectivity index (χ1v) is 5.76. The first-order chi connectivity index (χ1) is 8.11. The van der Waals surface area contributed by atoms with E-state index in [2.05, 4.69) is 0 Å². The van der Waals surface area contributed by atoms with Gasteiger partial charge in [0.15, 0.2) is 0 Å². The minimum Gasteiger partial charge on any atom is -0.466 e. The summed E-state index contributed by atoms with van der Waals surface area (Å²) in [7, 11) is -1.46. The zero-order chi connectivity index (χ0) is 12.4. The Labute approximate surface area is 100 Å². The number of carbonyl (C=O) groups excluding carboxylic acids is 1. The second kappa shape index (κ2) is 4.90. The molecule has 0 amide bonds. The van der Waals surface area contributed by atoms with Crippen LogP contribution in [0.25, 0.3) is 0 Å². The molecule has 0 radical (unpaired) electrons. The van der Waals surface area contributed by atoms with E-state index < -0.39 is 7.12 Å². The number of hydrogen-bond acceptors (Lipinski definition) is 4. The molecule has 1 aromatic carbocycles. The molecule has 0 heterocycles. The maximum atomic E-state index is 11.6. The lowest BCUT2D eigenvalue weighted by molar-refractivity contribution is -0.147. The van der Waals surface area contributed by atoms with Crippen LogP contribution in [0.15, 0.2) is 18.2 Å². The van der Waals surface area contributed by atoms with E-state index in [-0.39, 0.29) is 11.9 Å². The van der Waals surface area contributed by atoms with Gasteiger partial charge in [-0.1, -0.05) is 18.2 Å². The van der Waals surface area contributed by atoms with Crippen LogP contribution >= 0.6 is 0 Å². The zero-order valence-electron chi connectivity index (χ0n) is 9.72. The predicted octanol–water partition coefficient (Wildman–Crippen LogP) is -0.356. The van der Waals surface area contributed by atoms with Crippen molar-refractivity contribution in [3.8, 4) is 0 Å². The van der Waals surface area contributed by atoms with Crippen LogP contribution in [0.3, 0.4) is 0 Å². The fourth-order valence-electron chi connectivity index (χ4n) is 2.23. The van der Waals surface area contributed by atoms with Gasteiger partial charge in [-0.05, 0) is 36.4 Å². The summed E-state index contributed by atoms with van der Waals surface area (Å²) in [5.41, 5.74) is 2.56. The molecule has 1 aromatic rings. The summed E-state index contributed by atoms with van der Waals surface area (Å²) < 4.78 is 5.00. The minimum atomic E-state index is -1.46. The Morgan fingerprint density at radius 2 is 2.12 bits per heavy atom. The molecule has 5 heteroatoms. The lowest BCUT2D eigenvalue weighted by Crippen LogP contribution is -2.30. The molecule has 0 saturated heterocycles. The van der Waals surface area contributed by atoms with Gasteiger partial charge in [0.2, 0.25) is 0 Å². The van der Waals surface area contributed by atoms with Gasteiger partial charge in [0.1, 0.15) is 0 Å². The van der Waals surface area contributed by atoms with Gasteiger partial charge in [0, 0.05) is 0 Å². The fraction of sp³-hybridized carbons (Fsp3) is 0.417. The predicted molar refractivity (Wildman–Crippen MR) is 63.8 cm³/mol. The first kappa shape index (κ1) is 12.1. The van der Waals surface area contributed by atoms with Crippen LogP contribution < -0.4 is 5.46 Å². The Morgan fingerprint density at radius 3 is 2.76 bits per heavy atom. The lowest BCUT2D eigenvalue weighted by Gasteiger charge is -2.06. The summed E-state index contributed by atoms with van der Waals surface area (Å²) in [6.07, 6.45) is 1.30. The maximum Gasteiger partial charge on any atom is 0.488 e. The number of carbonyl (C=O) groups is 1. The van der Waals surface area contributed by atoms with Crippen molar-refractivity contribution in [1.29, 1.82) is 0 Å². The van der Waals surface area contributed by atoms with Gasteiger partial charge in [0.25, 0.3) is 0 Å². The summed E-state index contributed by atoms with van der Waals surface area (Å²) in [5, 5.41) is 18.2. The Kier molecular flexibility index (Phi) is 3.50.